The number of thioether (sulfide) groups is 1. The maximum absolute atomic E-state index is 11.8. The molecule has 1 atom stereocenters. The average Bonchev–Trinajstić information content (AvgIpc) is 2.81. The number of nitrogens with one attached hydrogen (secondary N) is 1. The molecule has 104 valence electrons. The van der Waals surface area contributed by atoms with Gasteiger partial charge < -0.3 is 10.4 Å². The van der Waals surface area contributed by atoms with Crippen LogP contribution in [0.25, 0.3) is 0 Å². The van der Waals surface area contributed by atoms with E-state index in [1.807, 2.05) is 12.3 Å². The van der Waals surface area contributed by atoms with Crippen molar-refractivity contribution in [1.82, 2.24) is 5.32 Å². The number of hydrogen-bond donors (Lipinski definition) is 2. The summed E-state index contributed by atoms with van der Waals surface area (Å²) in [6, 6.07) is 0. The molecule has 1 aliphatic carbocycles. The molecule has 0 radical (unpaired) electrons. The summed E-state index contributed by atoms with van der Waals surface area (Å²) in [5.41, 5.74) is 2.45. The standard InChI is InChI=1S/C14H20N2O2S/c1-19-9-10(8-17)6-15-7-11-2-3-12-13(18)4-5-16-14(11)12/h2,5,10,15,17H,3-4,6-9H2,1H3/i5D. The molecule has 2 N–H and O–H groups in total. The van der Waals surface area contributed by atoms with Crippen LogP contribution < -0.4 is 5.32 Å². The summed E-state index contributed by atoms with van der Waals surface area (Å²) >= 11 is 1.72. The Morgan fingerprint density at radius 2 is 2.47 bits per heavy atom. The smallest absolute Gasteiger partial charge is 0.166 e. The van der Waals surface area contributed by atoms with E-state index < -0.39 is 0 Å². The molecule has 0 saturated carbocycles. The zero-order valence-electron chi connectivity index (χ0n) is 12.1. The number of carbonyl (C=O) groups excluding carboxylic acids is 1. The van der Waals surface area contributed by atoms with Gasteiger partial charge in [-0.2, -0.15) is 11.8 Å². The molecule has 0 aromatic heterocycles. The van der Waals surface area contributed by atoms with E-state index in [0.29, 0.717) is 18.7 Å². The molecule has 0 fully saturated rings. The van der Waals surface area contributed by atoms with Crippen LogP contribution >= 0.6 is 11.8 Å². The Balaban J connectivity index is 1.90. The molecule has 19 heavy (non-hydrogen) atoms. The van der Waals surface area contributed by atoms with Gasteiger partial charge in [0.25, 0.3) is 0 Å². The summed E-state index contributed by atoms with van der Waals surface area (Å²) in [5.74, 6) is 1.19. The van der Waals surface area contributed by atoms with Crippen LogP contribution in [0.2, 0.25) is 0 Å². The number of aliphatic hydroxyl groups is 1. The normalized spacial score (nSPS) is 20.9. The van der Waals surface area contributed by atoms with Crippen molar-refractivity contribution in [2.75, 3.05) is 31.7 Å². The number of hydrogen-bond acceptors (Lipinski definition) is 5. The van der Waals surface area contributed by atoms with Gasteiger partial charge in [0.1, 0.15) is 0 Å². The van der Waals surface area contributed by atoms with Crippen molar-refractivity contribution in [3.8, 4) is 0 Å². The fourth-order valence-corrected chi connectivity index (χ4v) is 2.97. The second-order valence-electron chi connectivity index (χ2n) is 4.77. The second-order valence-corrected chi connectivity index (χ2v) is 5.68. The quantitative estimate of drug-likeness (QED) is 0.735. The van der Waals surface area contributed by atoms with Crippen LogP contribution in [0, 0.1) is 5.92 Å². The number of aliphatic imine (C=N–C) groups is 1. The molecule has 2 rings (SSSR count). The Hall–Kier alpha value is -0.910. The molecule has 0 amide bonds. The van der Waals surface area contributed by atoms with Gasteiger partial charge >= 0.3 is 0 Å². The molecule has 1 heterocycles. The molecule has 0 bridgehead atoms. The molecule has 0 aromatic rings. The average molecular weight is 281 g/mol. The monoisotopic (exact) mass is 281 g/mol. The largest absolute Gasteiger partial charge is 0.396 e. The lowest BCUT2D eigenvalue weighted by Crippen LogP contribution is -2.28. The SMILES string of the molecule is [2H]C1=NC2=C(CC=C2CNCC(CO)CSC)C(=O)C1. The van der Waals surface area contributed by atoms with Gasteiger partial charge in [0, 0.05) is 43.8 Å². The van der Waals surface area contributed by atoms with E-state index in [2.05, 4.69) is 10.3 Å². The first-order valence-electron chi connectivity index (χ1n) is 6.96. The second kappa shape index (κ2) is 7.03. The van der Waals surface area contributed by atoms with Crippen molar-refractivity contribution >= 4 is 23.7 Å². The first-order chi connectivity index (χ1) is 9.65. The number of Topliss-reactive ketones (excluding diaryl/α,β-unsaturated/α-hetero) is 1. The van der Waals surface area contributed by atoms with E-state index in [0.717, 1.165) is 23.4 Å². The first kappa shape index (κ1) is 13.1. The van der Waals surface area contributed by atoms with E-state index in [9.17, 15) is 9.90 Å². The number of ketones is 1. The Kier molecular flexibility index (Phi) is 4.84. The van der Waals surface area contributed by atoms with Gasteiger partial charge in [0.05, 0.1) is 7.07 Å². The number of nitrogens with zero attached hydrogens (tertiary/aromatic N) is 1. The fourth-order valence-electron chi connectivity index (χ4n) is 2.27. The van der Waals surface area contributed by atoms with E-state index in [4.69, 9.17) is 1.37 Å². The van der Waals surface area contributed by atoms with Crippen LogP contribution in [0.3, 0.4) is 0 Å². The highest BCUT2D eigenvalue weighted by atomic mass is 32.2. The fraction of sp³-hybridized carbons (Fsp3) is 0.571. The molecule has 2 aliphatic rings. The lowest BCUT2D eigenvalue weighted by Gasteiger charge is -2.15. The molecule has 4 nitrogen and oxygen atoms in total. The lowest BCUT2D eigenvalue weighted by atomic mass is 10.0. The van der Waals surface area contributed by atoms with Crippen molar-refractivity contribution < 1.29 is 11.3 Å². The third-order valence-corrected chi connectivity index (χ3v) is 4.12. The van der Waals surface area contributed by atoms with Gasteiger partial charge in [-0.05, 0) is 24.0 Å². The summed E-state index contributed by atoms with van der Waals surface area (Å²) in [5, 5.41) is 12.5. The van der Waals surface area contributed by atoms with Crippen LogP contribution in [0.1, 0.15) is 14.2 Å². The van der Waals surface area contributed by atoms with Gasteiger partial charge in [-0.3, -0.25) is 9.79 Å². The highest BCUT2D eigenvalue weighted by Crippen LogP contribution is 2.30. The van der Waals surface area contributed by atoms with Crippen LogP contribution in [0.15, 0.2) is 27.9 Å². The Bertz CT molecular complexity index is 486. The van der Waals surface area contributed by atoms with Crippen LogP contribution in [-0.2, 0) is 4.79 Å². The summed E-state index contributed by atoms with van der Waals surface area (Å²) in [7, 11) is 0. The van der Waals surface area contributed by atoms with Gasteiger partial charge in [-0.15, -0.1) is 0 Å². The number of carbonyl (C=O) groups is 1. The predicted octanol–water partition coefficient (Wildman–Crippen LogP) is 1.18. The molecule has 1 aliphatic heterocycles. The summed E-state index contributed by atoms with van der Waals surface area (Å²) in [6.07, 6.45) is 4.96. The molecular weight excluding hydrogens is 260 g/mol. The third kappa shape index (κ3) is 3.55. The maximum Gasteiger partial charge on any atom is 0.166 e. The summed E-state index contributed by atoms with van der Waals surface area (Å²) < 4.78 is 7.59. The van der Waals surface area contributed by atoms with Crippen molar-refractivity contribution in [3.63, 3.8) is 0 Å². The van der Waals surface area contributed by atoms with Gasteiger partial charge in [-0.1, -0.05) is 6.08 Å². The van der Waals surface area contributed by atoms with E-state index in [1.165, 1.54) is 0 Å². The van der Waals surface area contributed by atoms with Gasteiger partial charge in [0.15, 0.2) is 5.78 Å². The Labute approximate surface area is 119 Å². The maximum atomic E-state index is 11.8. The molecule has 0 aromatic carbocycles. The molecule has 1 unspecified atom stereocenters. The zero-order valence-corrected chi connectivity index (χ0v) is 11.9. The van der Waals surface area contributed by atoms with Gasteiger partial charge in [-0.25, -0.2) is 0 Å². The van der Waals surface area contributed by atoms with Gasteiger partial charge in [0.2, 0.25) is 0 Å². The van der Waals surface area contributed by atoms with Crippen molar-refractivity contribution in [3.05, 3.63) is 22.9 Å². The van der Waals surface area contributed by atoms with E-state index >= 15 is 0 Å². The minimum atomic E-state index is 0.0295. The van der Waals surface area contributed by atoms with Crippen molar-refractivity contribution in [2.45, 2.75) is 12.8 Å². The Morgan fingerprint density at radius 3 is 3.21 bits per heavy atom. The molecule has 0 saturated heterocycles. The number of rotatable bonds is 7. The first-order valence-corrected chi connectivity index (χ1v) is 7.85. The van der Waals surface area contributed by atoms with Crippen LogP contribution in [0.5, 0.6) is 0 Å². The van der Waals surface area contributed by atoms with E-state index in [1.54, 1.807) is 11.8 Å². The molecule has 0 spiro atoms. The minimum Gasteiger partial charge on any atom is -0.396 e. The van der Waals surface area contributed by atoms with Crippen molar-refractivity contribution in [2.24, 2.45) is 10.9 Å². The molecule has 5 heteroatoms. The number of aliphatic hydroxyl groups excluding tert-OH is 1. The third-order valence-electron chi connectivity index (χ3n) is 3.32. The lowest BCUT2D eigenvalue weighted by molar-refractivity contribution is -0.114. The Morgan fingerprint density at radius 1 is 1.63 bits per heavy atom. The van der Waals surface area contributed by atoms with Crippen LogP contribution in [0.4, 0.5) is 0 Å². The summed E-state index contributed by atoms with van der Waals surface area (Å²) in [6.45, 7) is 1.55. The topological polar surface area (TPSA) is 61.7 Å². The van der Waals surface area contributed by atoms with Crippen LogP contribution in [-0.4, -0.2) is 48.8 Å². The predicted molar refractivity (Wildman–Crippen MR) is 79.7 cm³/mol. The minimum absolute atomic E-state index is 0.0295. The summed E-state index contributed by atoms with van der Waals surface area (Å²) in [4.78, 5) is 16.0. The highest BCUT2D eigenvalue weighted by molar-refractivity contribution is 7.98. The van der Waals surface area contributed by atoms with Crippen molar-refractivity contribution in [1.29, 1.82) is 0 Å². The zero-order chi connectivity index (χ0) is 14.5. The number of allylic oxidation sites excluding steroid dienone is 2. The highest BCUT2D eigenvalue weighted by Gasteiger charge is 2.24. The van der Waals surface area contributed by atoms with E-state index in [-0.39, 0.29) is 30.9 Å². The molecular formula is C14H20N2O2S.